The SMILES string of the molecule is C[C@@H](NC(=O)CN1CCN(C(=O)c2ccccc2)CC1)c1ccc(Cl)c(Cl)c1. The van der Waals surface area contributed by atoms with Crippen LogP contribution in [-0.4, -0.2) is 54.3 Å². The van der Waals surface area contributed by atoms with Crippen molar-refractivity contribution in [2.45, 2.75) is 13.0 Å². The highest BCUT2D eigenvalue weighted by Crippen LogP contribution is 2.25. The van der Waals surface area contributed by atoms with Crippen molar-refractivity contribution in [1.29, 1.82) is 0 Å². The van der Waals surface area contributed by atoms with Crippen LogP contribution >= 0.6 is 23.2 Å². The number of hydrogen-bond acceptors (Lipinski definition) is 3. The predicted octanol–water partition coefficient (Wildman–Crippen LogP) is 3.63. The number of benzene rings is 2. The van der Waals surface area contributed by atoms with E-state index in [-0.39, 0.29) is 17.9 Å². The zero-order valence-corrected chi connectivity index (χ0v) is 17.2. The first-order chi connectivity index (χ1) is 13.4. The predicted molar refractivity (Wildman–Crippen MR) is 112 cm³/mol. The molecule has 0 bridgehead atoms. The average molecular weight is 420 g/mol. The molecule has 0 radical (unpaired) electrons. The fourth-order valence-corrected chi connectivity index (χ4v) is 3.53. The van der Waals surface area contributed by atoms with Gasteiger partial charge in [-0.25, -0.2) is 0 Å². The monoisotopic (exact) mass is 419 g/mol. The Morgan fingerprint density at radius 1 is 1.00 bits per heavy atom. The fourth-order valence-electron chi connectivity index (χ4n) is 3.23. The van der Waals surface area contributed by atoms with Crippen LogP contribution in [0.4, 0.5) is 0 Å². The van der Waals surface area contributed by atoms with E-state index < -0.39 is 0 Å². The molecule has 1 N–H and O–H groups in total. The third-order valence-electron chi connectivity index (χ3n) is 4.87. The van der Waals surface area contributed by atoms with Gasteiger partial charge >= 0.3 is 0 Å². The van der Waals surface area contributed by atoms with E-state index in [1.165, 1.54) is 0 Å². The van der Waals surface area contributed by atoms with Crippen molar-refractivity contribution in [3.05, 3.63) is 69.7 Å². The van der Waals surface area contributed by atoms with Crippen molar-refractivity contribution in [2.24, 2.45) is 0 Å². The van der Waals surface area contributed by atoms with Gasteiger partial charge in [-0.05, 0) is 36.8 Å². The Balaban J connectivity index is 1.47. The first-order valence-corrected chi connectivity index (χ1v) is 10.0. The van der Waals surface area contributed by atoms with Crippen molar-refractivity contribution in [3.63, 3.8) is 0 Å². The van der Waals surface area contributed by atoms with Gasteiger partial charge in [0, 0.05) is 31.7 Å². The highest BCUT2D eigenvalue weighted by atomic mass is 35.5. The summed E-state index contributed by atoms with van der Waals surface area (Å²) in [7, 11) is 0. The number of halogens is 2. The van der Waals surface area contributed by atoms with Gasteiger partial charge in [-0.2, -0.15) is 0 Å². The maximum absolute atomic E-state index is 12.5. The Kier molecular flexibility index (Phi) is 6.94. The minimum absolute atomic E-state index is 0.0398. The first-order valence-electron chi connectivity index (χ1n) is 9.25. The number of piperazine rings is 1. The maximum atomic E-state index is 12.5. The van der Waals surface area contributed by atoms with Crippen molar-refractivity contribution in [3.8, 4) is 0 Å². The summed E-state index contributed by atoms with van der Waals surface area (Å²) in [4.78, 5) is 28.8. The van der Waals surface area contributed by atoms with E-state index >= 15 is 0 Å². The number of carbonyl (C=O) groups is 2. The summed E-state index contributed by atoms with van der Waals surface area (Å²) in [5, 5.41) is 3.95. The van der Waals surface area contributed by atoms with Crippen LogP contribution in [-0.2, 0) is 4.79 Å². The molecule has 1 aliphatic rings. The van der Waals surface area contributed by atoms with Crippen LogP contribution in [0.1, 0.15) is 28.9 Å². The smallest absolute Gasteiger partial charge is 0.253 e. The highest BCUT2D eigenvalue weighted by Gasteiger charge is 2.23. The summed E-state index contributed by atoms with van der Waals surface area (Å²) in [6.07, 6.45) is 0. The van der Waals surface area contributed by atoms with E-state index in [2.05, 4.69) is 10.2 Å². The van der Waals surface area contributed by atoms with Gasteiger partial charge in [0.25, 0.3) is 5.91 Å². The zero-order valence-electron chi connectivity index (χ0n) is 15.7. The number of rotatable bonds is 5. The van der Waals surface area contributed by atoms with Gasteiger partial charge in [-0.1, -0.05) is 47.5 Å². The van der Waals surface area contributed by atoms with Crippen molar-refractivity contribution >= 4 is 35.0 Å². The van der Waals surface area contributed by atoms with Crippen LogP contribution in [0.15, 0.2) is 48.5 Å². The summed E-state index contributed by atoms with van der Waals surface area (Å²) in [5.74, 6) is -0.0145. The van der Waals surface area contributed by atoms with Gasteiger partial charge in [0.05, 0.1) is 22.6 Å². The number of amides is 2. The molecule has 7 heteroatoms. The van der Waals surface area contributed by atoms with Gasteiger partial charge in [0.2, 0.25) is 5.91 Å². The van der Waals surface area contributed by atoms with E-state index in [4.69, 9.17) is 23.2 Å². The topological polar surface area (TPSA) is 52.7 Å². The molecule has 1 aliphatic heterocycles. The molecule has 2 amide bonds. The molecule has 28 heavy (non-hydrogen) atoms. The van der Waals surface area contributed by atoms with E-state index in [0.29, 0.717) is 48.3 Å². The molecular weight excluding hydrogens is 397 g/mol. The molecule has 0 unspecified atom stereocenters. The minimum atomic E-state index is -0.164. The Labute approximate surface area is 175 Å². The molecule has 0 spiro atoms. The lowest BCUT2D eigenvalue weighted by molar-refractivity contribution is -0.123. The van der Waals surface area contributed by atoms with Gasteiger partial charge in [0.15, 0.2) is 0 Å². The molecule has 1 saturated heterocycles. The Bertz CT molecular complexity index is 837. The number of nitrogens with one attached hydrogen (secondary N) is 1. The second-order valence-electron chi connectivity index (χ2n) is 6.90. The lowest BCUT2D eigenvalue weighted by Crippen LogP contribution is -2.51. The summed E-state index contributed by atoms with van der Waals surface area (Å²) in [6, 6.07) is 14.5. The normalized spacial score (nSPS) is 15.9. The Morgan fingerprint density at radius 2 is 1.68 bits per heavy atom. The summed E-state index contributed by atoms with van der Waals surface area (Å²) >= 11 is 12.0. The molecule has 0 saturated carbocycles. The van der Waals surface area contributed by atoms with E-state index in [1.807, 2.05) is 48.2 Å². The van der Waals surface area contributed by atoms with Gasteiger partial charge in [-0.3, -0.25) is 14.5 Å². The molecule has 1 heterocycles. The van der Waals surface area contributed by atoms with Crippen LogP contribution in [0.3, 0.4) is 0 Å². The lowest BCUT2D eigenvalue weighted by atomic mass is 10.1. The minimum Gasteiger partial charge on any atom is -0.348 e. The molecule has 5 nitrogen and oxygen atoms in total. The largest absolute Gasteiger partial charge is 0.348 e. The first kappa shape index (κ1) is 20.6. The Morgan fingerprint density at radius 3 is 2.32 bits per heavy atom. The molecule has 2 aromatic rings. The third kappa shape index (κ3) is 5.25. The summed E-state index contributed by atoms with van der Waals surface area (Å²) in [6.45, 7) is 4.79. The van der Waals surface area contributed by atoms with Crippen molar-refractivity contribution < 1.29 is 9.59 Å². The molecule has 3 rings (SSSR count). The van der Waals surface area contributed by atoms with Gasteiger partial charge in [-0.15, -0.1) is 0 Å². The molecule has 148 valence electrons. The highest BCUT2D eigenvalue weighted by molar-refractivity contribution is 6.42. The van der Waals surface area contributed by atoms with Crippen LogP contribution < -0.4 is 5.32 Å². The fraction of sp³-hybridized carbons (Fsp3) is 0.333. The number of nitrogens with zero attached hydrogens (tertiary/aromatic N) is 2. The molecule has 1 fully saturated rings. The molecule has 2 aromatic carbocycles. The van der Waals surface area contributed by atoms with Crippen LogP contribution in [0.2, 0.25) is 10.0 Å². The number of carbonyl (C=O) groups excluding carboxylic acids is 2. The number of hydrogen-bond donors (Lipinski definition) is 1. The maximum Gasteiger partial charge on any atom is 0.253 e. The zero-order chi connectivity index (χ0) is 20.1. The second kappa shape index (κ2) is 9.41. The van der Waals surface area contributed by atoms with E-state index in [0.717, 1.165) is 5.56 Å². The molecule has 0 aromatic heterocycles. The molecular formula is C21H23Cl2N3O2. The Hall–Kier alpha value is -2.08. The summed E-state index contributed by atoms with van der Waals surface area (Å²) in [5.41, 5.74) is 1.60. The van der Waals surface area contributed by atoms with Crippen LogP contribution in [0, 0.1) is 0 Å². The lowest BCUT2D eigenvalue weighted by Gasteiger charge is -2.34. The van der Waals surface area contributed by atoms with E-state index in [9.17, 15) is 9.59 Å². The standard InChI is InChI=1S/C21H23Cl2N3O2/c1-15(17-7-8-18(22)19(23)13-17)24-20(27)14-25-9-11-26(12-10-25)21(28)16-5-3-2-4-6-16/h2-8,13,15H,9-12,14H2,1H3,(H,24,27)/t15-/m1/s1. The van der Waals surface area contributed by atoms with Gasteiger partial charge < -0.3 is 10.2 Å². The summed E-state index contributed by atoms with van der Waals surface area (Å²) < 4.78 is 0. The van der Waals surface area contributed by atoms with Gasteiger partial charge in [0.1, 0.15) is 0 Å². The quantitative estimate of drug-likeness (QED) is 0.804. The third-order valence-corrected chi connectivity index (χ3v) is 5.61. The van der Waals surface area contributed by atoms with Crippen LogP contribution in [0.25, 0.3) is 0 Å². The van der Waals surface area contributed by atoms with E-state index in [1.54, 1.807) is 12.1 Å². The van der Waals surface area contributed by atoms with Crippen molar-refractivity contribution in [2.75, 3.05) is 32.7 Å². The second-order valence-corrected chi connectivity index (χ2v) is 7.71. The molecule has 0 aliphatic carbocycles. The van der Waals surface area contributed by atoms with Crippen LogP contribution in [0.5, 0.6) is 0 Å². The average Bonchev–Trinajstić information content (AvgIpc) is 2.70. The van der Waals surface area contributed by atoms with Crippen molar-refractivity contribution in [1.82, 2.24) is 15.1 Å². The molecule has 1 atom stereocenters.